The van der Waals surface area contributed by atoms with Gasteiger partial charge in [-0.15, -0.1) is 0 Å². The monoisotopic (exact) mass is 688 g/mol. The third-order valence-corrected chi connectivity index (χ3v) is 10.9. The van der Waals surface area contributed by atoms with Gasteiger partial charge in [0.05, 0.1) is 0 Å². The van der Waals surface area contributed by atoms with Crippen molar-refractivity contribution in [1.29, 1.82) is 0 Å². The molecule has 8 aromatic rings. The molecular weight excluding hydrogens is 656 g/mol. The van der Waals surface area contributed by atoms with E-state index in [2.05, 4.69) is 12.1 Å². The number of hydrogen-bond donors (Lipinski definition) is 8. The molecule has 0 aliphatic heterocycles. The van der Waals surface area contributed by atoms with Crippen molar-refractivity contribution < 1.29 is 40.9 Å². The number of fused-ring (bicyclic) bond motifs is 8. The van der Waals surface area contributed by atoms with E-state index in [4.69, 9.17) is 0 Å². The Morgan fingerprint density at radius 3 is 1.29 bits per heavy atom. The van der Waals surface area contributed by atoms with Gasteiger partial charge in [-0.1, -0.05) is 72.3 Å². The van der Waals surface area contributed by atoms with E-state index in [1.807, 2.05) is 49.4 Å². The SMILES string of the molecule is Cc1ccc2c(ccc3c(-c4c(O)ccc5c4ccc4cc(C6(O)c7cc(O)c(O)cc7C(C)(O)c7cc(O)c(O)cc76)ccc45)c(O)ccc32)c1. The standard InChI is InChI=1S/C44H32O8/c1-21-3-7-25-22(15-21)4-8-29-27(25)11-13-35(45)41(29)42-30-9-5-23-16-24(6-10-26(23)28(30)12-14-36(42)46)44(52)33-19-39(49)37(47)17-31(33)43(2,51)32-18-38(48)40(50)20-34(32)44/h3-20,45-52H,1-2H3. The van der Waals surface area contributed by atoms with Crippen molar-refractivity contribution in [2.75, 3.05) is 0 Å². The third-order valence-electron chi connectivity index (χ3n) is 10.9. The lowest BCUT2D eigenvalue weighted by Gasteiger charge is -2.43. The summed E-state index contributed by atoms with van der Waals surface area (Å²) in [6, 6.07) is 30.8. The molecule has 0 spiro atoms. The molecule has 1 aliphatic carbocycles. The Hall–Kier alpha value is -6.48. The lowest BCUT2D eigenvalue weighted by molar-refractivity contribution is 0.0605. The van der Waals surface area contributed by atoms with Crippen molar-refractivity contribution in [3.05, 3.63) is 143 Å². The number of phenols is 6. The number of aryl methyl sites for hydroxylation is 1. The van der Waals surface area contributed by atoms with E-state index < -0.39 is 34.2 Å². The van der Waals surface area contributed by atoms with Gasteiger partial charge in [-0.25, -0.2) is 0 Å². The maximum Gasteiger partial charge on any atom is 0.157 e. The summed E-state index contributed by atoms with van der Waals surface area (Å²) in [6.07, 6.45) is 0. The van der Waals surface area contributed by atoms with Crippen molar-refractivity contribution in [1.82, 2.24) is 0 Å². The smallest absolute Gasteiger partial charge is 0.157 e. The van der Waals surface area contributed by atoms with E-state index in [9.17, 15) is 40.9 Å². The molecule has 0 fully saturated rings. The first-order valence-electron chi connectivity index (χ1n) is 16.7. The maximum absolute atomic E-state index is 12.8. The van der Waals surface area contributed by atoms with E-state index in [0.29, 0.717) is 27.5 Å². The average Bonchev–Trinajstić information content (AvgIpc) is 3.12. The second kappa shape index (κ2) is 10.5. The van der Waals surface area contributed by atoms with Crippen LogP contribution in [0.2, 0.25) is 0 Å². The molecule has 9 rings (SSSR count). The quantitative estimate of drug-likeness (QED) is 0.0664. The Morgan fingerprint density at radius 2 is 0.788 bits per heavy atom. The molecule has 0 saturated carbocycles. The molecule has 0 unspecified atom stereocenters. The summed E-state index contributed by atoms with van der Waals surface area (Å²) >= 11 is 0. The second-order valence-corrected chi connectivity index (χ2v) is 14.0. The summed E-state index contributed by atoms with van der Waals surface area (Å²) in [6.45, 7) is 3.48. The van der Waals surface area contributed by atoms with Crippen molar-refractivity contribution >= 4 is 43.1 Å². The fraction of sp³-hybridized carbons (Fsp3) is 0.0909. The zero-order chi connectivity index (χ0) is 36.4. The molecule has 8 N–H and O–H groups in total. The third kappa shape index (κ3) is 4.16. The molecule has 0 amide bonds. The Bertz CT molecular complexity index is 2810. The van der Waals surface area contributed by atoms with Gasteiger partial charge >= 0.3 is 0 Å². The van der Waals surface area contributed by atoms with Crippen molar-refractivity contribution in [2.45, 2.75) is 25.0 Å². The van der Waals surface area contributed by atoms with Crippen LogP contribution in [0.1, 0.15) is 40.3 Å². The molecule has 52 heavy (non-hydrogen) atoms. The largest absolute Gasteiger partial charge is 0.507 e. The van der Waals surface area contributed by atoms with Crippen LogP contribution in [0.5, 0.6) is 34.5 Å². The van der Waals surface area contributed by atoms with Crippen LogP contribution >= 0.6 is 0 Å². The summed E-state index contributed by atoms with van der Waals surface area (Å²) in [4.78, 5) is 0. The summed E-state index contributed by atoms with van der Waals surface area (Å²) in [5, 5.41) is 96.0. The van der Waals surface area contributed by atoms with Crippen LogP contribution in [-0.2, 0) is 11.2 Å². The van der Waals surface area contributed by atoms with Gasteiger partial charge in [-0.05, 0) is 116 Å². The molecule has 0 heterocycles. The van der Waals surface area contributed by atoms with E-state index in [-0.39, 0.29) is 33.8 Å². The number of hydrogen-bond acceptors (Lipinski definition) is 8. The molecule has 0 aromatic heterocycles. The number of aliphatic hydroxyl groups is 2. The Kier molecular flexibility index (Phi) is 6.37. The van der Waals surface area contributed by atoms with Crippen molar-refractivity contribution in [3.63, 3.8) is 0 Å². The van der Waals surface area contributed by atoms with Crippen LogP contribution in [-0.4, -0.2) is 40.9 Å². The Labute approximate surface area is 296 Å². The lowest BCUT2D eigenvalue weighted by Crippen LogP contribution is -2.42. The van der Waals surface area contributed by atoms with E-state index in [1.54, 1.807) is 30.3 Å². The minimum absolute atomic E-state index is 0.00169. The summed E-state index contributed by atoms with van der Waals surface area (Å²) in [5.41, 5.74) is -1.13. The Balaban J connectivity index is 1.29. The van der Waals surface area contributed by atoms with Crippen molar-refractivity contribution in [3.8, 4) is 45.6 Å². The molecule has 8 nitrogen and oxygen atoms in total. The van der Waals surface area contributed by atoms with Gasteiger partial charge in [0.25, 0.3) is 0 Å². The molecule has 256 valence electrons. The predicted octanol–water partition coefficient (Wildman–Crippen LogP) is 8.36. The van der Waals surface area contributed by atoms with Crippen LogP contribution in [0.25, 0.3) is 54.2 Å². The predicted molar refractivity (Wildman–Crippen MR) is 200 cm³/mol. The first-order valence-corrected chi connectivity index (χ1v) is 16.7. The van der Waals surface area contributed by atoms with Gasteiger partial charge in [0.1, 0.15) is 22.7 Å². The van der Waals surface area contributed by atoms with Crippen molar-refractivity contribution in [2.24, 2.45) is 0 Å². The zero-order valence-electron chi connectivity index (χ0n) is 28.0. The second-order valence-electron chi connectivity index (χ2n) is 14.0. The lowest BCUT2D eigenvalue weighted by atomic mass is 9.65. The first kappa shape index (κ1) is 31.5. The summed E-state index contributed by atoms with van der Waals surface area (Å²) in [7, 11) is 0. The van der Waals surface area contributed by atoms with Gasteiger partial charge in [0, 0.05) is 22.3 Å². The van der Waals surface area contributed by atoms with Crippen LogP contribution < -0.4 is 0 Å². The van der Waals surface area contributed by atoms with Gasteiger partial charge in [-0.2, -0.15) is 0 Å². The number of rotatable bonds is 2. The maximum atomic E-state index is 12.8. The zero-order valence-corrected chi connectivity index (χ0v) is 28.0. The first-order chi connectivity index (χ1) is 24.8. The molecular formula is C44H32O8. The van der Waals surface area contributed by atoms with Gasteiger partial charge in [-0.3, -0.25) is 0 Å². The normalized spacial score (nSPS) is 18.2. The molecule has 1 aliphatic rings. The minimum atomic E-state index is -2.07. The minimum Gasteiger partial charge on any atom is -0.507 e. The van der Waals surface area contributed by atoms with Crippen LogP contribution in [0.15, 0.2) is 109 Å². The highest BCUT2D eigenvalue weighted by Gasteiger charge is 2.49. The highest BCUT2D eigenvalue weighted by Crippen LogP contribution is 2.55. The van der Waals surface area contributed by atoms with Gasteiger partial charge < -0.3 is 40.9 Å². The van der Waals surface area contributed by atoms with Crippen LogP contribution in [0.4, 0.5) is 0 Å². The molecule has 0 bridgehead atoms. The number of aromatic hydroxyl groups is 6. The van der Waals surface area contributed by atoms with E-state index in [0.717, 1.165) is 37.9 Å². The van der Waals surface area contributed by atoms with Gasteiger partial charge in [0.2, 0.25) is 0 Å². The number of phenolic OH excluding ortho intramolecular Hbond substituents is 6. The average molecular weight is 689 g/mol. The molecule has 8 heteroatoms. The molecule has 0 atom stereocenters. The number of benzene rings is 8. The van der Waals surface area contributed by atoms with E-state index >= 15 is 0 Å². The van der Waals surface area contributed by atoms with Crippen LogP contribution in [0.3, 0.4) is 0 Å². The summed E-state index contributed by atoms with van der Waals surface area (Å²) in [5.74, 6) is -2.02. The summed E-state index contributed by atoms with van der Waals surface area (Å²) < 4.78 is 0. The topological polar surface area (TPSA) is 162 Å². The van der Waals surface area contributed by atoms with E-state index in [1.165, 1.54) is 31.2 Å². The molecule has 8 aromatic carbocycles. The highest BCUT2D eigenvalue weighted by atomic mass is 16.3. The molecule has 0 saturated heterocycles. The Morgan fingerprint density at radius 1 is 0.385 bits per heavy atom. The van der Waals surface area contributed by atoms with Crippen LogP contribution in [0, 0.1) is 6.92 Å². The van der Waals surface area contributed by atoms with Gasteiger partial charge in [0.15, 0.2) is 23.0 Å². The fourth-order valence-electron chi connectivity index (χ4n) is 8.30. The molecule has 0 radical (unpaired) electrons. The highest BCUT2D eigenvalue weighted by molar-refractivity contribution is 6.19. The fourth-order valence-corrected chi connectivity index (χ4v) is 8.30.